The molecule has 0 aliphatic heterocycles. The normalized spacial score (nSPS) is 11.7. The molecule has 0 aliphatic carbocycles. The number of hydrogen-bond donors (Lipinski definition) is 2. The zero-order chi connectivity index (χ0) is 23.5. The van der Waals surface area contributed by atoms with Gasteiger partial charge in [-0.2, -0.15) is 0 Å². The van der Waals surface area contributed by atoms with Gasteiger partial charge in [-0.1, -0.05) is 30.2 Å². The second kappa shape index (κ2) is 9.01. The Morgan fingerprint density at radius 2 is 1.82 bits per heavy atom. The smallest absolute Gasteiger partial charge is 0.361 e. The van der Waals surface area contributed by atoms with Gasteiger partial charge in [0.1, 0.15) is 6.61 Å². The predicted molar refractivity (Wildman–Crippen MR) is 123 cm³/mol. The first kappa shape index (κ1) is 21.8. The number of para-hydroxylation sites is 1. The number of terminal acetylenes is 1. The van der Waals surface area contributed by atoms with E-state index in [0.29, 0.717) is 45.3 Å². The number of H-pyrrole nitrogens is 2. The van der Waals surface area contributed by atoms with Crippen LogP contribution in [-0.2, 0) is 0 Å². The number of hydrogen-bond acceptors (Lipinski definition) is 5. The molecule has 2 aromatic heterocycles. The molecule has 168 valence electrons. The largest absolute Gasteiger partial charge is 0.493 e. The molecule has 4 aromatic rings. The molecule has 0 amide bonds. The summed E-state index contributed by atoms with van der Waals surface area (Å²) in [5.41, 5.74) is 2.45. The lowest BCUT2D eigenvalue weighted by atomic mass is 9.85. The second-order valence-corrected chi connectivity index (χ2v) is 7.49. The summed E-state index contributed by atoms with van der Waals surface area (Å²) in [6.45, 7) is 3.61. The van der Waals surface area contributed by atoms with Crippen molar-refractivity contribution in [1.29, 1.82) is 0 Å². The van der Waals surface area contributed by atoms with Gasteiger partial charge in [0, 0.05) is 5.69 Å². The quantitative estimate of drug-likeness (QED) is 0.425. The molecule has 2 heterocycles. The summed E-state index contributed by atoms with van der Waals surface area (Å²) in [5.74, 6) is 2.60. The number of aryl methyl sites for hydroxylation is 2. The zero-order valence-corrected chi connectivity index (χ0v) is 18.5. The molecule has 2 aromatic carbocycles. The van der Waals surface area contributed by atoms with Crippen LogP contribution >= 0.6 is 0 Å². The Morgan fingerprint density at radius 3 is 2.45 bits per heavy atom. The van der Waals surface area contributed by atoms with Gasteiger partial charge >= 0.3 is 5.63 Å². The number of rotatable bonds is 7. The van der Waals surface area contributed by atoms with Crippen LogP contribution in [0, 0.1) is 26.2 Å². The molecule has 2 N–H and O–H groups in total. The number of nitrogens with zero attached hydrogens (tertiary/aromatic N) is 1. The molecule has 4 rings (SSSR count). The van der Waals surface area contributed by atoms with Crippen molar-refractivity contribution in [2.24, 2.45) is 0 Å². The van der Waals surface area contributed by atoms with Gasteiger partial charge in [-0.05, 0) is 43.7 Å². The summed E-state index contributed by atoms with van der Waals surface area (Å²) in [7, 11) is 1.51. The standard InChI is InChI=1S/C25H23N3O5/c1-5-13-32-19-12-11-17(14-20(19)31-4)23(22-16(3)27-33-25(22)30)21-15(2)26-28(24(21)29)18-9-7-6-8-10-18/h1,6-12,14,23,26-27H,13H2,2-4H3. The molecule has 33 heavy (non-hydrogen) atoms. The maximum atomic E-state index is 13.6. The van der Waals surface area contributed by atoms with Crippen molar-refractivity contribution in [3.63, 3.8) is 0 Å². The van der Waals surface area contributed by atoms with Crippen molar-refractivity contribution >= 4 is 0 Å². The van der Waals surface area contributed by atoms with Crippen molar-refractivity contribution in [3.8, 4) is 29.5 Å². The van der Waals surface area contributed by atoms with Crippen LogP contribution in [0.2, 0.25) is 0 Å². The highest BCUT2D eigenvalue weighted by atomic mass is 16.5. The molecule has 1 unspecified atom stereocenters. The van der Waals surface area contributed by atoms with Crippen molar-refractivity contribution in [3.05, 3.63) is 97.4 Å². The fraction of sp³-hybridized carbons (Fsp3) is 0.200. The van der Waals surface area contributed by atoms with E-state index in [-0.39, 0.29) is 12.2 Å². The second-order valence-electron chi connectivity index (χ2n) is 7.49. The van der Waals surface area contributed by atoms with Crippen molar-refractivity contribution in [2.45, 2.75) is 19.8 Å². The number of aromatic nitrogens is 3. The Bertz CT molecular complexity index is 1430. The molecule has 0 bridgehead atoms. The van der Waals surface area contributed by atoms with Crippen LogP contribution in [0.15, 0.2) is 62.6 Å². The van der Waals surface area contributed by atoms with Crippen LogP contribution in [0.3, 0.4) is 0 Å². The Hall–Kier alpha value is -4.38. The SMILES string of the molecule is C#CCOc1ccc(C(c2c(C)[nH]oc2=O)c2c(C)[nH]n(-c3ccccc3)c2=O)cc1OC. The van der Waals surface area contributed by atoms with Crippen LogP contribution in [0.5, 0.6) is 11.5 Å². The minimum atomic E-state index is -0.711. The van der Waals surface area contributed by atoms with Gasteiger partial charge in [0.05, 0.1) is 35.5 Å². The van der Waals surface area contributed by atoms with E-state index in [4.69, 9.17) is 20.4 Å². The van der Waals surface area contributed by atoms with Gasteiger partial charge in [-0.3, -0.25) is 9.89 Å². The number of aromatic amines is 2. The first-order valence-electron chi connectivity index (χ1n) is 10.2. The summed E-state index contributed by atoms with van der Waals surface area (Å²) in [5, 5.41) is 5.75. The summed E-state index contributed by atoms with van der Waals surface area (Å²) in [6, 6.07) is 14.4. The molecular weight excluding hydrogens is 422 g/mol. The van der Waals surface area contributed by atoms with Crippen molar-refractivity contribution < 1.29 is 14.0 Å². The van der Waals surface area contributed by atoms with E-state index in [0.717, 1.165) is 0 Å². The third-order valence-corrected chi connectivity index (χ3v) is 5.46. The van der Waals surface area contributed by atoms with Crippen LogP contribution in [0.4, 0.5) is 0 Å². The predicted octanol–water partition coefficient (Wildman–Crippen LogP) is 3.26. The lowest BCUT2D eigenvalue weighted by molar-refractivity contribution is 0.330. The summed E-state index contributed by atoms with van der Waals surface area (Å²) in [4.78, 5) is 26.3. The fourth-order valence-corrected chi connectivity index (χ4v) is 3.96. The highest BCUT2D eigenvalue weighted by Crippen LogP contribution is 2.37. The summed E-state index contributed by atoms with van der Waals surface area (Å²) >= 11 is 0. The summed E-state index contributed by atoms with van der Waals surface area (Å²) in [6.07, 6.45) is 5.30. The van der Waals surface area contributed by atoms with E-state index in [1.807, 2.05) is 30.3 Å². The number of ether oxygens (including phenoxy) is 2. The van der Waals surface area contributed by atoms with Gasteiger partial charge in [0.15, 0.2) is 11.5 Å². The molecule has 0 spiro atoms. The van der Waals surface area contributed by atoms with E-state index >= 15 is 0 Å². The Kier molecular flexibility index (Phi) is 5.96. The Morgan fingerprint density at radius 1 is 1.06 bits per heavy atom. The molecule has 1 atom stereocenters. The zero-order valence-electron chi connectivity index (χ0n) is 18.5. The third-order valence-electron chi connectivity index (χ3n) is 5.46. The summed E-state index contributed by atoms with van der Waals surface area (Å²) < 4.78 is 17.5. The molecule has 0 radical (unpaired) electrons. The minimum Gasteiger partial charge on any atom is -0.493 e. The highest BCUT2D eigenvalue weighted by Gasteiger charge is 2.31. The third kappa shape index (κ3) is 3.96. The van der Waals surface area contributed by atoms with Crippen LogP contribution < -0.4 is 20.7 Å². The van der Waals surface area contributed by atoms with Crippen molar-refractivity contribution in [2.75, 3.05) is 13.7 Å². The first-order chi connectivity index (χ1) is 16.0. The molecule has 8 heteroatoms. The Labute approximate surface area is 189 Å². The molecular formula is C25H23N3O5. The van der Waals surface area contributed by atoms with Crippen molar-refractivity contribution in [1.82, 2.24) is 14.9 Å². The molecule has 0 saturated carbocycles. The van der Waals surface area contributed by atoms with E-state index in [9.17, 15) is 9.59 Å². The average Bonchev–Trinajstić information content (AvgIpc) is 3.32. The molecule has 8 nitrogen and oxygen atoms in total. The van der Waals surface area contributed by atoms with E-state index in [1.54, 1.807) is 32.0 Å². The monoisotopic (exact) mass is 445 g/mol. The van der Waals surface area contributed by atoms with Gasteiger partial charge in [-0.25, -0.2) is 14.6 Å². The van der Waals surface area contributed by atoms with Crippen LogP contribution in [0.25, 0.3) is 5.69 Å². The lowest BCUT2D eigenvalue weighted by Crippen LogP contribution is -2.23. The molecule has 0 aliphatic rings. The highest BCUT2D eigenvalue weighted by molar-refractivity contribution is 5.51. The molecule has 0 saturated heterocycles. The van der Waals surface area contributed by atoms with E-state index in [1.165, 1.54) is 11.8 Å². The average molecular weight is 445 g/mol. The maximum Gasteiger partial charge on any atom is 0.361 e. The van der Waals surface area contributed by atoms with Gasteiger partial charge in [0.25, 0.3) is 5.56 Å². The topological polar surface area (TPSA) is 102 Å². The first-order valence-corrected chi connectivity index (χ1v) is 10.2. The number of benzene rings is 2. The molecule has 0 fully saturated rings. The maximum absolute atomic E-state index is 13.6. The number of methoxy groups -OCH3 is 1. The van der Waals surface area contributed by atoms with Gasteiger partial charge < -0.3 is 14.0 Å². The van der Waals surface area contributed by atoms with Crippen LogP contribution in [0.1, 0.15) is 34.0 Å². The fourth-order valence-electron chi connectivity index (χ4n) is 3.96. The van der Waals surface area contributed by atoms with E-state index < -0.39 is 11.5 Å². The minimum absolute atomic E-state index is 0.0817. The lowest BCUT2D eigenvalue weighted by Gasteiger charge is -2.17. The van der Waals surface area contributed by atoms with Gasteiger partial charge in [-0.15, -0.1) is 6.42 Å². The van der Waals surface area contributed by atoms with Crippen LogP contribution in [-0.4, -0.2) is 28.7 Å². The van der Waals surface area contributed by atoms with Gasteiger partial charge in [0.2, 0.25) is 0 Å². The number of nitrogens with one attached hydrogen (secondary N) is 2. The van der Waals surface area contributed by atoms with E-state index in [2.05, 4.69) is 16.2 Å². The Balaban J connectivity index is 1.95.